The molecule has 1 saturated heterocycles. The monoisotopic (exact) mass is 629 g/mol. The average molecular weight is 630 g/mol. The zero-order chi connectivity index (χ0) is 31.5. The van der Waals surface area contributed by atoms with E-state index in [4.69, 9.17) is 9.47 Å². The van der Waals surface area contributed by atoms with Crippen LogP contribution in [0.4, 0.5) is 13.2 Å². The van der Waals surface area contributed by atoms with Gasteiger partial charge in [-0.05, 0) is 29.7 Å². The molecule has 0 aliphatic carbocycles. The van der Waals surface area contributed by atoms with Crippen LogP contribution in [-0.4, -0.2) is 49.1 Å². The van der Waals surface area contributed by atoms with Crippen LogP contribution in [0.5, 0.6) is 5.75 Å². The normalized spacial score (nSPS) is 18.4. The molecule has 0 saturated carbocycles. The predicted molar refractivity (Wildman–Crippen MR) is 149 cm³/mol. The summed E-state index contributed by atoms with van der Waals surface area (Å²) in [5, 5.41) is 0. The molecule has 0 aromatic heterocycles. The molecule has 3 aromatic carbocycles. The third-order valence-electron chi connectivity index (χ3n) is 7.23. The van der Waals surface area contributed by atoms with Crippen LogP contribution in [0.15, 0.2) is 102 Å². The van der Waals surface area contributed by atoms with Crippen LogP contribution in [-0.2, 0) is 33.4 Å². The molecule has 2 aliphatic heterocycles. The van der Waals surface area contributed by atoms with E-state index in [9.17, 15) is 36.0 Å². The van der Waals surface area contributed by atoms with Gasteiger partial charge in [0.15, 0.2) is 23.3 Å². The fraction of sp³-hybridized carbons (Fsp3) is 0.258. The molecule has 0 spiro atoms. The van der Waals surface area contributed by atoms with Crippen LogP contribution in [0, 0.1) is 5.92 Å². The van der Waals surface area contributed by atoms with Gasteiger partial charge in [0.25, 0.3) is 0 Å². The van der Waals surface area contributed by atoms with Crippen LogP contribution >= 0.6 is 0 Å². The standard InChI is InChI=1S/C31H26F3NO8S/c32-31(33,34)44(39,40)43-26-17-16-25-24(18-22(36)19-41-23-14-8-3-9-15-23)29(37)35(25)27(26)30(38)42-28(20-10-4-1-5-11-20)21-12-6-2-7-13-21/h1-15,24-25,28H,16-19H2/t24-,25?/m0/s1. The maximum absolute atomic E-state index is 13.7. The molecule has 2 heterocycles. The van der Waals surface area contributed by atoms with Crippen LogP contribution in [0.1, 0.15) is 36.5 Å². The summed E-state index contributed by atoms with van der Waals surface area (Å²) < 4.78 is 79.3. The van der Waals surface area contributed by atoms with Gasteiger partial charge >= 0.3 is 21.6 Å². The lowest BCUT2D eigenvalue weighted by Crippen LogP contribution is -2.63. The lowest BCUT2D eigenvalue weighted by Gasteiger charge is -2.50. The summed E-state index contributed by atoms with van der Waals surface area (Å²) in [4.78, 5) is 40.5. The largest absolute Gasteiger partial charge is 0.534 e. The van der Waals surface area contributed by atoms with Gasteiger partial charge in [0.2, 0.25) is 5.91 Å². The predicted octanol–water partition coefficient (Wildman–Crippen LogP) is 5.06. The van der Waals surface area contributed by atoms with Crippen molar-refractivity contribution < 1.29 is 49.6 Å². The third-order valence-corrected chi connectivity index (χ3v) is 8.22. The minimum atomic E-state index is -6.17. The Morgan fingerprint density at radius 3 is 1.98 bits per heavy atom. The summed E-state index contributed by atoms with van der Waals surface area (Å²) in [6.45, 7) is -0.320. The molecular weight excluding hydrogens is 603 g/mol. The van der Waals surface area contributed by atoms with E-state index >= 15 is 0 Å². The van der Waals surface area contributed by atoms with Gasteiger partial charge in [-0.2, -0.15) is 21.6 Å². The Morgan fingerprint density at radius 1 is 0.886 bits per heavy atom. The maximum atomic E-state index is 13.7. The number of fused-ring (bicyclic) bond motifs is 1. The molecule has 0 bridgehead atoms. The van der Waals surface area contributed by atoms with E-state index in [1.807, 2.05) is 0 Å². The number of nitrogens with zero attached hydrogens (tertiary/aromatic N) is 1. The summed E-state index contributed by atoms with van der Waals surface area (Å²) in [6, 6.07) is 24.7. The van der Waals surface area contributed by atoms with E-state index in [1.165, 1.54) is 0 Å². The second kappa shape index (κ2) is 12.5. The Balaban J connectivity index is 1.42. The first-order chi connectivity index (χ1) is 21.0. The molecule has 0 radical (unpaired) electrons. The zero-order valence-corrected chi connectivity index (χ0v) is 23.8. The van der Waals surface area contributed by atoms with Crippen LogP contribution in [0.25, 0.3) is 0 Å². The Morgan fingerprint density at radius 2 is 1.43 bits per heavy atom. The number of amides is 1. The molecule has 9 nitrogen and oxygen atoms in total. The van der Waals surface area contributed by atoms with Crippen molar-refractivity contribution in [1.82, 2.24) is 4.90 Å². The molecule has 13 heteroatoms. The minimum Gasteiger partial charge on any atom is -0.486 e. The number of rotatable bonds is 11. The van der Waals surface area contributed by atoms with E-state index in [0.29, 0.717) is 16.9 Å². The lowest BCUT2D eigenvalue weighted by atomic mass is 9.78. The summed E-state index contributed by atoms with van der Waals surface area (Å²) in [6.07, 6.45) is -1.78. The van der Waals surface area contributed by atoms with Crippen molar-refractivity contribution in [2.24, 2.45) is 5.92 Å². The lowest BCUT2D eigenvalue weighted by molar-refractivity contribution is -0.163. The zero-order valence-electron chi connectivity index (χ0n) is 23.0. The van der Waals surface area contributed by atoms with Crippen molar-refractivity contribution >= 4 is 27.8 Å². The van der Waals surface area contributed by atoms with E-state index in [0.717, 1.165) is 4.90 Å². The number of carbonyl (C=O) groups is 3. The van der Waals surface area contributed by atoms with Gasteiger partial charge in [-0.25, -0.2) is 4.79 Å². The van der Waals surface area contributed by atoms with Crippen LogP contribution in [0.2, 0.25) is 0 Å². The molecule has 3 aromatic rings. The van der Waals surface area contributed by atoms with Gasteiger partial charge in [-0.1, -0.05) is 78.9 Å². The molecule has 0 N–H and O–H groups in total. The van der Waals surface area contributed by atoms with Crippen molar-refractivity contribution in [3.05, 3.63) is 114 Å². The van der Waals surface area contributed by atoms with Gasteiger partial charge in [-0.15, -0.1) is 0 Å². The number of benzene rings is 3. The fourth-order valence-corrected chi connectivity index (χ4v) is 5.69. The van der Waals surface area contributed by atoms with E-state index in [-0.39, 0.29) is 19.4 Å². The first-order valence-corrected chi connectivity index (χ1v) is 14.9. The van der Waals surface area contributed by atoms with Crippen LogP contribution < -0.4 is 4.74 Å². The fourth-order valence-electron chi connectivity index (χ4n) is 5.17. The molecular formula is C31H26F3NO8S. The highest BCUT2D eigenvalue weighted by molar-refractivity contribution is 7.87. The van der Waals surface area contributed by atoms with Gasteiger partial charge in [0.1, 0.15) is 12.4 Å². The van der Waals surface area contributed by atoms with Crippen molar-refractivity contribution in [3.63, 3.8) is 0 Å². The number of halogens is 3. The molecule has 1 unspecified atom stereocenters. The number of hydrogen-bond acceptors (Lipinski definition) is 8. The number of ketones is 1. The number of hydrogen-bond donors (Lipinski definition) is 0. The molecule has 1 amide bonds. The smallest absolute Gasteiger partial charge is 0.486 e. The Hall–Kier alpha value is -4.65. The number of β-lactam (4-membered cyclic amide) rings is 1. The number of ether oxygens (including phenoxy) is 2. The van der Waals surface area contributed by atoms with E-state index < -0.39 is 69.2 Å². The molecule has 5 rings (SSSR count). The highest BCUT2D eigenvalue weighted by atomic mass is 32.2. The maximum Gasteiger partial charge on any atom is 0.534 e. The number of para-hydroxylation sites is 1. The molecule has 2 atom stereocenters. The Bertz CT molecular complexity index is 1620. The highest BCUT2D eigenvalue weighted by Gasteiger charge is 2.56. The van der Waals surface area contributed by atoms with Gasteiger partial charge < -0.3 is 13.7 Å². The van der Waals surface area contributed by atoms with Crippen molar-refractivity contribution in [3.8, 4) is 5.75 Å². The quantitative estimate of drug-likeness (QED) is 0.125. The van der Waals surface area contributed by atoms with Gasteiger partial charge in [-0.3, -0.25) is 14.5 Å². The third kappa shape index (κ3) is 6.47. The van der Waals surface area contributed by atoms with Crippen molar-refractivity contribution in [1.29, 1.82) is 0 Å². The second-order valence-electron chi connectivity index (χ2n) is 10.1. The first kappa shape index (κ1) is 30.8. The average Bonchev–Trinajstić information content (AvgIpc) is 3.01. The first-order valence-electron chi connectivity index (χ1n) is 13.5. The summed E-state index contributed by atoms with van der Waals surface area (Å²) in [5.74, 6) is -3.73. The van der Waals surface area contributed by atoms with Crippen molar-refractivity contribution in [2.45, 2.75) is 36.9 Å². The van der Waals surface area contributed by atoms with Crippen LogP contribution in [0.3, 0.4) is 0 Å². The Kier molecular flexibility index (Phi) is 8.77. The summed E-state index contributed by atoms with van der Waals surface area (Å²) >= 11 is 0. The number of carbonyl (C=O) groups excluding carboxylic acids is 3. The summed E-state index contributed by atoms with van der Waals surface area (Å²) in [7, 11) is -6.17. The molecule has 230 valence electrons. The Labute approximate surface area is 251 Å². The van der Waals surface area contributed by atoms with E-state index in [1.54, 1.807) is 91.0 Å². The number of esters is 1. The van der Waals surface area contributed by atoms with E-state index in [2.05, 4.69) is 4.18 Å². The number of Topliss-reactive ketones (excluding diaryl/α,β-unsaturated/α-hetero) is 1. The topological polar surface area (TPSA) is 116 Å². The molecule has 44 heavy (non-hydrogen) atoms. The second-order valence-corrected chi connectivity index (χ2v) is 11.7. The molecule has 2 aliphatic rings. The molecule has 1 fully saturated rings. The summed E-state index contributed by atoms with van der Waals surface area (Å²) in [5.41, 5.74) is -5.50. The number of alkyl halides is 3. The minimum absolute atomic E-state index is 0.0521. The SMILES string of the molecule is O=C(COc1ccccc1)C[C@@H]1C(=O)N2C(C(=O)OC(c3ccccc3)c3ccccc3)=C(OS(=O)(=O)C(F)(F)F)CCC12. The van der Waals surface area contributed by atoms with Gasteiger partial charge in [0.05, 0.1) is 5.92 Å². The van der Waals surface area contributed by atoms with Crippen molar-refractivity contribution in [2.75, 3.05) is 6.61 Å². The highest BCUT2D eigenvalue weighted by Crippen LogP contribution is 2.44. The van der Waals surface area contributed by atoms with Gasteiger partial charge in [0, 0.05) is 18.9 Å². The number of allylic oxidation sites excluding steroid dienone is 1.